The topological polar surface area (TPSA) is 21.3 Å². The average molecular weight is 189 g/mol. The molecule has 0 aromatic heterocycles. The minimum Gasteiger partial charge on any atom is -0.379 e. The molecular weight excluding hydrogens is 170 g/mol. The van der Waals surface area contributed by atoms with Gasteiger partial charge in [0.25, 0.3) is 0 Å². The minimum atomic E-state index is 0.120. The third-order valence-electron chi connectivity index (χ3n) is 2.70. The van der Waals surface area contributed by atoms with Crippen molar-refractivity contribution in [2.75, 3.05) is 12.9 Å². The van der Waals surface area contributed by atoms with E-state index in [4.69, 9.17) is 4.74 Å². The van der Waals surface area contributed by atoms with Gasteiger partial charge in [0, 0.05) is 18.9 Å². The third kappa shape index (κ3) is 1.95. The van der Waals surface area contributed by atoms with Gasteiger partial charge in [-0.25, -0.2) is 0 Å². The summed E-state index contributed by atoms with van der Waals surface area (Å²) in [4.78, 5) is 0.120. The Morgan fingerprint density at radius 2 is 2.42 bits per heavy atom. The van der Waals surface area contributed by atoms with Gasteiger partial charge in [-0.15, -0.1) is 11.8 Å². The summed E-state index contributed by atoms with van der Waals surface area (Å²) in [6, 6.07) is 0.664. The molecule has 3 heteroatoms. The van der Waals surface area contributed by atoms with Gasteiger partial charge < -0.3 is 4.74 Å². The van der Waals surface area contributed by atoms with E-state index in [-0.39, 0.29) is 11.0 Å². The van der Waals surface area contributed by atoms with Crippen molar-refractivity contribution in [3.63, 3.8) is 0 Å². The highest BCUT2D eigenvalue weighted by Crippen LogP contribution is 2.34. The van der Waals surface area contributed by atoms with Crippen LogP contribution in [0.25, 0.3) is 0 Å². The van der Waals surface area contributed by atoms with Crippen LogP contribution in [0.5, 0.6) is 0 Å². The van der Waals surface area contributed by atoms with E-state index in [1.165, 1.54) is 12.2 Å². The van der Waals surface area contributed by atoms with E-state index in [1.54, 1.807) is 7.11 Å². The van der Waals surface area contributed by atoms with Gasteiger partial charge in [0.1, 0.15) is 0 Å². The Labute approximate surface area is 79.4 Å². The van der Waals surface area contributed by atoms with E-state index in [2.05, 4.69) is 26.1 Å². The molecule has 0 aromatic carbocycles. The number of ether oxygens (including phenoxy) is 1. The summed E-state index contributed by atoms with van der Waals surface area (Å²) >= 11 is 1.97. The molecule has 1 rings (SSSR count). The SMILES string of the molecule is CCC1CSC(C)(C(C)OC)N1. The molecule has 1 aliphatic rings. The molecular formula is C9H19NOS. The van der Waals surface area contributed by atoms with E-state index >= 15 is 0 Å². The first-order valence-corrected chi connectivity index (χ1v) is 5.55. The van der Waals surface area contributed by atoms with Crippen LogP contribution >= 0.6 is 11.8 Å². The van der Waals surface area contributed by atoms with E-state index in [0.29, 0.717) is 6.04 Å². The molecule has 1 saturated heterocycles. The van der Waals surface area contributed by atoms with Crippen molar-refractivity contribution in [1.29, 1.82) is 0 Å². The highest BCUT2D eigenvalue weighted by Gasteiger charge is 2.38. The highest BCUT2D eigenvalue weighted by atomic mass is 32.2. The molecule has 0 spiro atoms. The zero-order chi connectivity index (χ0) is 9.19. The molecule has 0 aliphatic carbocycles. The molecule has 12 heavy (non-hydrogen) atoms. The molecule has 3 atom stereocenters. The molecule has 1 aliphatic heterocycles. The summed E-state index contributed by atoms with van der Waals surface area (Å²) in [6.45, 7) is 6.57. The van der Waals surface area contributed by atoms with Crippen LogP contribution in [0.4, 0.5) is 0 Å². The Hall–Kier alpha value is 0.270. The molecule has 0 amide bonds. The van der Waals surface area contributed by atoms with Crippen LogP contribution in [0, 0.1) is 0 Å². The Morgan fingerprint density at radius 3 is 2.83 bits per heavy atom. The van der Waals surface area contributed by atoms with Gasteiger partial charge in [0.2, 0.25) is 0 Å². The number of methoxy groups -OCH3 is 1. The van der Waals surface area contributed by atoms with Crippen LogP contribution in [0.1, 0.15) is 27.2 Å². The van der Waals surface area contributed by atoms with Crippen LogP contribution in [-0.2, 0) is 4.74 Å². The van der Waals surface area contributed by atoms with Gasteiger partial charge >= 0.3 is 0 Å². The van der Waals surface area contributed by atoms with Crippen LogP contribution in [0.15, 0.2) is 0 Å². The van der Waals surface area contributed by atoms with Crippen molar-refractivity contribution in [3.05, 3.63) is 0 Å². The summed E-state index contributed by atoms with van der Waals surface area (Å²) in [5, 5.41) is 3.61. The number of rotatable bonds is 3. The summed E-state index contributed by atoms with van der Waals surface area (Å²) in [6.07, 6.45) is 1.48. The number of hydrogen-bond donors (Lipinski definition) is 1. The first-order chi connectivity index (χ1) is 5.62. The monoisotopic (exact) mass is 189 g/mol. The molecule has 0 aromatic rings. The largest absolute Gasteiger partial charge is 0.379 e. The normalized spacial score (nSPS) is 38.5. The van der Waals surface area contributed by atoms with E-state index < -0.39 is 0 Å². The van der Waals surface area contributed by atoms with Gasteiger partial charge in [0.15, 0.2) is 0 Å². The molecule has 72 valence electrons. The molecule has 1 fully saturated rings. The van der Waals surface area contributed by atoms with Gasteiger partial charge in [-0.1, -0.05) is 6.92 Å². The molecule has 3 unspecified atom stereocenters. The van der Waals surface area contributed by atoms with Crippen LogP contribution in [0.3, 0.4) is 0 Å². The third-order valence-corrected chi connectivity index (χ3v) is 4.32. The fourth-order valence-electron chi connectivity index (χ4n) is 1.44. The lowest BCUT2D eigenvalue weighted by molar-refractivity contribution is 0.0761. The van der Waals surface area contributed by atoms with Crippen molar-refractivity contribution in [2.45, 2.75) is 44.2 Å². The van der Waals surface area contributed by atoms with Gasteiger partial charge in [-0.3, -0.25) is 5.32 Å². The maximum atomic E-state index is 5.35. The molecule has 0 saturated carbocycles. The van der Waals surface area contributed by atoms with Crippen molar-refractivity contribution in [2.24, 2.45) is 0 Å². The smallest absolute Gasteiger partial charge is 0.0881 e. The lowest BCUT2D eigenvalue weighted by Crippen LogP contribution is -2.47. The lowest BCUT2D eigenvalue weighted by Gasteiger charge is -2.30. The Balaban J connectivity index is 2.51. The maximum Gasteiger partial charge on any atom is 0.0881 e. The van der Waals surface area contributed by atoms with Crippen molar-refractivity contribution in [1.82, 2.24) is 5.32 Å². The molecule has 0 bridgehead atoms. The summed E-state index contributed by atoms with van der Waals surface area (Å²) in [5.74, 6) is 1.21. The van der Waals surface area contributed by atoms with Crippen LogP contribution < -0.4 is 5.32 Å². The molecule has 2 nitrogen and oxygen atoms in total. The minimum absolute atomic E-state index is 0.120. The quantitative estimate of drug-likeness (QED) is 0.732. The number of nitrogens with one attached hydrogen (secondary N) is 1. The average Bonchev–Trinajstić information content (AvgIpc) is 2.47. The predicted molar refractivity (Wildman–Crippen MR) is 54.5 cm³/mol. The van der Waals surface area contributed by atoms with Crippen LogP contribution in [-0.4, -0.2) is 29.9 Å². The summed E-state index contributed by atoms with van der Waals surface area (Å²) in [5.41, 5.74) is 0. The maximum absolute atomic E-state index is 5.35. The first-order valence-electron chi connectivity index (χ1n) is 4.57. The van der Waals surface area contributed by atoms with Crippen LogP contribution in [0.2, 0.25) is 0 Å². The van der Waals surface area contributed by atoms with Gasteiger partial charge in [-0.2, -0.15) is 0 Å². The van der Waals surface area contributed by atoms with Crippen molar-refractivity contribution in [3.8, 4) is 0 Å². The van der Waals surface area contributed by atoms with Crippen molar-refractivity contribution >= 4 is 11.8 Å². The van der Waals surface area contributed by atoms with E-state index in [9.17, 15) is 0 Å². The second kappa shape index (κ2) is 3.99. The fraction of sp³-hybridized carbons (Fsp3) is 1.00. The lowest BCUT2D eigenvalue weighted by atomic mass is 10.1. The summed E-state index contributed by atoms with van der Waals surface area (Å²) < 4.78 is 5.35. The van der Waals surface area contributed by atoms with Gasteiger partial charge in [-0.05, 0) is 20.3 Å². The van der Waals surface area contributed by atoms with Gasteiger partial charge in [0.05, 0.1) is 11.0 Å². The highest BCUT2D eigenvalue weighted by molar-refractivity contribution is 8.00. The van der Waals surface area contributed by atoms with Crippen molar-refractivity contribution < 1.29 is 4.74 Å². The Bertz CT molecular complexity index is 153. The predicted octanol–water partition coefficient (Wildman–Crippen LogP) is 1.85. The van der Waals surface area contributed by atoms with E-state index in [1.807, 2.05) is 11.8 Å². The molecule has 0 radical (unpaired) electrons. The summed E-state index contributed by atoms with van der Waals surface area (Å²) in [7, 11) is 1.78. The molecule has 1 heterocycles. The van der Waals surface area contributed by atoms with E-state index in [0.717, 1.165) is 0 Å². The number of thioether (sulfide) groups is 1. The zero-order valence-corrected chi connectivity index (χ0v) is 9.20. The number of hydrogen-bond acceptors (Lipinski definition) is 3. The fourth-order valence-corrected chi connectivity index (χ4v) is 2.89. The standard InChI is InChI=1S/C9H19NOS/c1-5-8-6-12-9(3,10-8)7(2)11-4/h7-8,10H,5-6H2,1-4H3. The second-order valence-corrected chi connectivity index (χ2v) is 5.02. The Morgan fingerprint density at radius 1 is 1.75 bits per heavy atom. The zero-order valence-electron chi connectivity index (χ0n) is 8.39. The molecule has 1 N–H and O–H groups in total. The second-order valence-electron chi connectivity index (χ2n) is 3.55. The first kappa shape index (κ1) is 10.4. The Kier molecular flexibility index (Phi) is 3.44.